The zero-order valence-corrected chi connectivity index (χ0v) is 8.81. The molecule has 0 spiro atoms. The van der Waals surface area contributed by atoms with Crippen molar-refractivity contribution in [2.45, 2.75) is 13.0 Å². The minimum absolute atomic E-state index is 0.106. The fourth-order valence-corrected chi connectivity index (χ4v) is 1.50. The molecule has 1 aromatic carbocycles. The Labute approximate surface area is 91.5 Å². The van der Waals surface area contributed by atoms with Crippen LogP contribution in [0.15, 0.2) is 29.1 Å². The van der Waals surface area contributed by atoms with Gasteiger partial charge in [-0.1, -0.05) is 17.3 Å². The van der Waals surface area contributed by atoms with Crippen molar-refractivity contribution >= 4 is 22.5 Å². The molecule has 0 amide bonds. The Morgan fingerprint density at radius 2 is 2.13 bits per heavy atom. The van der Waals surface area contributed by atoms with Gasteiger partial charge in [0.2, 0.25) is 0 Å². The van der Waals surface area contributed by atoms with E-state index in [0.29, 0.717) is 29.7 Å². The zero-order valence-electron chi connectivity index (χ0n) is 8.06. The Morgan fingerprint density at radius 1 is 1.33 bits per heavy atom. The van der Waals surface area contributed by atoms with Crippen LogP contribution in [0.5, 0.6) is 0 Å². The van der Waals surface area contributed by atoms with Gasteiger partial charge in [0.15, 0.2) is 0 Å². The summed E-state index contributed by atoms with van der Waals surface area (Å²) in [4.78, 5) is 11.9. The van der Waals surface area contributed by atoms with Crippen LogP contribution in [0.25, 0.3) is 10.9 Å². The van der Waals surface area contributed by atoms with E-state index in [9.17, 15) is 4.79 Å². The highest BCUT2D eigenvalue weighted by atomic mass is 35.5. The molecule has 0 saturated heterocycles. The van der Waals surface area contributed by atoms with E-state index in [1.807, 2.05) is 12.1 Å². The van der Waals surface area contributed by atoms with Crippen molar-refractivity contribution in [2.24, 2.45) is 0 Å². The first kappa shape index (κ1) is 10.1. The van der Waals surface area contributed by atoms with Gasteiger partial charge < -0.3 is 0 Å². The molecular weight excluding hydrogens is 214 g/mol. The monoisotopic (exact) mass is 223 g/mol. The van der Waals surface area contributed by atoms with Crippen LogP contribution in [0.2, 0.25) is 0 Å². The number of halogens is 1. The first-order valence-corrected chi connectivity index (χ1v) is 5.25. The topological polar surface area (TPSA) is 47.8 Å². The van der Waals surface area contributed by atoms with Crippen LogP contribution in [0.1, 0.15) is 6.42 Å². The number of aryl methyl sites for hydroxylation is 1. The molecule has 1 heterocycles. The van der Waals surface area contributed by atoms with Crippen LogP contribution in [-0.2, 0) is 6.54 Å². The average molecular weight is 224 g/mol. The smallest absolute Gasteiger partial charge is 0.267 e. The van der Waals surface area contributed by atoms with Crippen molar-refractivity contribution in [1.29, 1.82) is 0 Å². The van der Waals surface area contributed by atoms with E-state index in [1.165, 1.54) is 4.68 Å². The third-order valence-electron chi connectivity index (χ3n) is 2.13. The number of nitrogens with zero attached hydrogens (tertiary/aromatic N) is 3. The van der Waals surface area contributed by atoms with Gasteiger partial charge in [0.05, 0.1) is 5.39 Å². The lowest BCUT2D eigenvalue weighted by Gasteiger charge is -2.02. The molecule has 15 heavy (non-hydrogen) atoms. The van der Waals surface area contributed by atoms with Gasteiger partial charge in [-0.2, -0.15) is 0 Å². The summed E-state index contributed by atoms with van der Waals surface area (Å²) in [5.74, 6) is 0.515. The van der Waals surface area contributed by atoms with E-state index in [4.69, 9.17) is 11.6 Å². The third-order valence-corrected chi connectivity index (χ3v) is 2.40. The molecule has 4 nitrogen and oxygen atoms in total. The van der Waals surface area contributed by atoms with Crippen LogP contribution in [0, 0.1) is 0 Å². The van der Waals surface area contributed by atoms with Crippen LogP contribution < -0.4 is 5.56 Å². The number of alkyl halides is 1. The predicted octanol–water partition coefficient (Wildman–Crippen LogP) is 1.42. The third kappa shape index (κ3) is 1.99. The minimum Gasteiger partial charge on any atom is -0.267 e. The Balaban J connectivity index is 2.51. The van der Waals surface area contributed by atoms with Crippen molar-refractivity contribution in [3.05, 3.63) is 34.6 Å². The number of benzene rings is 1. The summed E-state index contributed by atoms with van der Waals surface area (Å²) in [6.45, 7) is 0.514. The van der Waals surface area contributed by atoms with Crippen molar-refractivity contribution in [1.82, 2.24) is 15.0 Å². The number of fused-ring (bicyclic) bond motifs is 1. The second kappa shape index (κ2) is 4.40. The van der Waals surface area contributed by atoms with Crippen LogP contribution in [0.3, 0.4) is 0 Å². The van der Waals surface area contributed by atoms with Gasteiger partial charge in [-0.25, -0.2) is 4.68 Å². The van der Waals surface area contributed by atoms with E-state index in [2.05, 4.69) is 10.3 Å². The fraction of sp³-hybridized carbons (Fsp3) is 0.300. The molecule has 0 atom stereocenters. The average Bonchev–Trinajstić information content (AvgIpc) is 2.29. The van der Waals surface area contributed by atoms with Gasteiger partial charge in [-0.15, -0.1) is 16.7 Å². The molecule has 0 fully saturated rings. The summed E-state index contributed by atoms with van der Waals surface area (Å²) in [6, 6.07) is 7.18. The zero-order chi connectivity index (χ0) is 10.7. The molecule has 1 aromatic heterocycles. The Hall–Kier alpha value is -1.42. The largest absolute Gasteiger partial charge is 0.277 e. The summed E-state index contributed by atoms with van der Waals surface area (Å²) in [7, 11) is 0. The molecule has 0 aliphatic carbocycles. The van der Waals surface area contributed by atoms with Crippen molar-refractivity contribution in [2.75, 3.05) is 5.88 Å². The molecule has 0 saturated carbocycles. The van der Waals surface area contributed by atoms with Gasteiger partial charge in [0.25, 0.3) is 5.56 Å². The maximum Gasteiger partial charge on any atom is 0.277 e. The molecule has 0 aliphatic rings. The van der Waals surface area contributed by atoms with Gasteiger partial charge in [0.1, 0.15) is 5.52 Å². The van der Waals surface area contributed by atoms with Crippen molar-refractivity contribution in [3.8, 4) is 0 Å². The highest BCUT2D eigenvalue weighted by Crippen LogP contribution is 2.03. The molecule has 0 radical (unpaired) electrons. The second-order valence-electron chi connectivity index (χ2n) is 3.18. The second-order valence-corrected chi connectivity index (χ2v) is 3.56. The summed E-state index contributed by atoms with van der Waals surface area (Å²) in [5.41, 5.74) is 0.523. The van der Waals surface area contributed by atoms with Crippen molar-refractivity contribution < 1.29 is 0 Å². The molecule has 2 aromatic rings. The number of hydrogen-bond acceptors (Lipinski definition) is 3. The summed E-state index contributed by atoms with van der Waals surface area (Å²) in [6.07, 6.45) is 0.717. The highest BCUT2D eigenvalue weighted by Gasteiger charge is 2.03. The van der Waals surface area contributed by atoms with Gasteiger partial charge in [-0.05, 0) is 18.6 Å². The lowest BCUT2D eigenvalue weighted by molar-refractivity contribution is 0.543. The van der Waals surface area contributed by atoms with Gasteiger partial charge >= 0.3 is 0 Å². The molecule has 0 bridgehead atoms. The molecule has 0 unspecified atom stereocenters. The lowest BCUT2D eigenvalue weighted by Crippen LogP contribution is -2.24. The Bertz CT molecular complexity index is 523. The normalized spacial score (nSPS) is 10.7. The van der Waals surface area contributed by atoms with Crippen molar-refractivity contribution in [3.63, 3.8) is 0 Å². The Kier molecular flexibility index (Phi) is 2.97. The van der Waals surface area contributed by atoms with E-state index in [-0.39, 0.29) is 5.56 Å². The molecule has 2 rings (SSSR count). The predicted molar refractivity (Wildman–Crippen MR) is 59.1 cm³/mol. The summed E-state index contributed by atoms with van der Waals surface area (Å²) < 4.78 is 1.35. The molecular formula is C10H10ClN3O. The quantitative estimate of drug-likeness (QED) is 0.740. The number of aromatic nitrogens is 3. The van der Waals surface area contributed by atoms with Crippen LogP contribution in [-0.4, -0.2) is 20.9 Å². The summed E-state index contributed by atoms with van der Waals surface area (Å²) in [5, 5.41) is 8.40. The van der Waals surface area contributed by atoms with E-state index in [1.54, 1.807) is 12.1 Å². The summed E-state index contributed by atoms with van der Waals surface area (Å²) >= 11 is 5.56. The molecule has 78 valence electrons. The number of rotatable bonds is 3. The van der Waals surface area contributed by atoms with Crippen LogP contribution in [0.4, 0.5) is 0 Å². The van der Waals surface area contributed by atoms with Gasteiger partial charge in [0, 0.05) is 12.4 Å². The van der Waals surface area contributed by atoms with E-state index < -0.39 is 0 Å². The standard InChI is InChI=1S/C10H10ClN3O/c11-6-3-7-14-10(15)8-4-1-2-5-9(8)12-13-14/h1-2,4-5H,3,6-7H2. The fourth-order valence-electron chi connectivity index (χ4n) is 1.38. The Morgan fingerprint density at radius 3 is 2.93 bits per heavy atom. The molecule has 0 aliphatic heterocycles. The van der Waals surface area contributed by atoms with E-state index in [0.717, 1.165) is 0 Å². The first-order chi connectivity index (χ1) is 7.33. The maximum absolute atomic E-state index is 11.9. The minimum atomic E-state index is -0.106. The highest BCUT2D eigenvalue weighted by molar-refractivity contribution is 6.17. The van der Waals surface area contributed by atoms with Gasteiger partial charge in [-0.3, -0.25) is 4.79 Å². The molecule has 0 N–H and O–H groups in total. The van der Waals surface area contributed by atoms with Crippen LogP contribution >= 0.6 is 11.6 Å². The first-order valence-electron chi connectivity index (χ1n) is 4.71. The molecule has 5 heteroatoms. The maximum atomic E-state index is 11.9. The SMILES string of the molecule is O=c1c2ccccc2nnn1CCCCl. The van der Waals surface area contributed by atoms with E-state index >= 15 is 0 Å². The number of hydrogen-bond donors (Lipinski definition) is 0. The lowest BCUT2D eigenvalue weighted by atomic mass is 10.2.